The molecule has 0 bridgehead atoms. The first-order chi connectivity index (χ1) is 17.5. The highest BCUT2D eigenvalue weighted by Gasteiger charge is 2.35. The van der Waals surface area contributed by atoms with E-state index in [1.54, 1.807) is 4.90 Å². The van der Waals surface area contributed by atoms with E-state index in [1.165, 1.54) is 9.47 Å². The maximum absolute atomic E-state index is 14.0. The molecule has 1 saturated heterocycles. The highest BCUT2D eigenvalue weighted by atomic mass is 16.4. The summed E-state index contributed by atoms with van der Waals surface area (Å²) >= 11 is 0. The smallest absolute Gasteiger partial charge is 0.407 e. The van der Waals surface area contributed by atoms with Crippen molar-refractivity contribution in [3.8, 4) is 16.9 Å². The predicted molar refractivity (Wildman–Crippen MR) is 136 cm³/mol. The highest BCUT2D eigenvalue weighted by molar-refractivity contribution is 5.99. The first-order valence-corrected chi connectivity index (χ1v) is 11.8. The van der Waals surface area contributed by atoms with Gasteiger partial charge in [-0.25, -0.2) is 9.59 Å². The highest BCUT2D eigenvalue weighted by Crippen LogP contribution is 2.27. The Bertz CT molecular complexity index is 1410. The van der Waals surface area contributed by atoms with Crippen molar-refractivity contribution in [1.29, 1.82) is 0 Å². The molecule has 36 heavy (non-hydrogen) atoms. The van der Waals surface area contributed by atoms with Crippen molar-refractivity contribution in [2.24, 2.45) is 0 Å². The second-order valence-electron chi connectivity index (χ2n) is 8.76. The molecule has 1 aliphatic heterocycles. The van der Waals surface area contributed by atoms with Gasteiger partial charge in [0.1, 0.15) is 5.69 Å². The van der Waals surface area contributed by atoms with Gasteiger partial charge in [0.15, 0.2) is 0 Å². The van der Waals surface area contributed by atoms with E-state index in [9.17, 15) is 19.5 Å². The Kier molecular flexibility index (Phi) is 6.40. The van der Waals surface area contributed by atoms with Gasteiger partial charge >= 0.3 is 11.8 Å². The molecule has 0 saturated carbocycles. The first kappa shape index (κ1) is 23.2. The van der Waals surface area contributed by atoms with Gasteiger partial charge in [-0.15, -0.1) is 0 Å². The minimum atomic E-state index is -1.01. The predicted octanol–water partition coefficient (Wildman–Crippen LogP) is 3.88. The standard InChI is InChI=1S/C28H26N4O4/c33-26(31-17-16-30(28(35)36)19-23(31)18-20-10-4-1-5-11-20)24-25(21-12-6-2-7-13-21)32(27(34)29-24)22-14-8-3-9-15-22/h1-15,23H,16-19H2,(H,29,34)(H,35,36). The molecule has 0 radical (unpaired) electrons. The van der Waals surface area contributed by atoms with Gasteiger partial charge in [-0.05, 0) is 24.1 Å². The van der Waals surface area contributed by atoms with Crippen LogP contribution in [-0.2, 0) is 6.42 Å². The van der Waals surface area contributed by atoms with E-state index >= 15 is 0 Å². The molecule has 0 aliphatic carbocycles. The van der Waals surface area contributed by atoms with Gasteiger partial charge in [0, 0.05) is 25.2 Å². The fourth-order valence-corrected chi connectivity index (χ4v) is 4.78. The Morgan fingerprint density at radius 2 is 1.47 bits per heavy atom. The van der Waals surface area contributed by atoms with Gasteiger partial charge in [-0.1, -0.05) is 78.9 Å². The number of carbonyl (C=O) groups is 2. The SMILES string of the molecule is O=C(O)N1CCN(C(=O)c2[nH]c(=O)n(-c3ccccc3)c2-c2ccccc2)C(Cc2ccccc2)C1. The van der Waals surface area contributed by atoms with E-state index in [2.05, 4.69) is 4.98 Å². The molecule has 182 valence electrons. The minimum absolute atomic E-state index is 0.192. The van der Waals surface area contributed by atoms with Gasteiger partial charge in [0.25, 0.3) is 5.91 Å². The lowest BCUT2D eigenvalue weighted by Gasteiger charge is -2.40. The van der Waals surface area contributed by atoms with Crippen LogP contribution in [0.4, 0.5) is 4.79 Å². The van der Waals surface area contributed by atoms with Crippen molar-refractivity contribution in [3.05, 3.63) is 113 Å². The number of nitrogens with zero attached hydrogens (tertiary/aromatic N) is 3. The van der Waals surface area contributed by atoms with Crippen molar-refractivity contribution in [3.63, 3.8) is 0 Å². The van der Waals surface area contributed by atoms with Gasteiger partial charge in [0.05, 0.1) is 17.4 Å². The average Bonchev–Trinajstić information content (AvgIpc) is 3.26. The average molecular weight is 483 g/mol. The van der Waals surface area contributed by atoms with Gasteiger partial charge in [0.2, 0.25) is 0 Å². The number of imidazole rings is 1. The van der Waals surface area contributed by atoms with Crippen LogP contribution >= 0.6 is 0 Å². The molecule has 8 nitrogen and oxygen atoms in total. The number of carbonyl (C=O) groups excluding carboxylic acids is 1. The summed E-state index contributed by atoms with van der Waals surface area (Å²) in [5.74, 6) is -0.327. The van der Waals surface area contributed by atoms with E-state index in [0.29, 0.717) is 17.8 Å². The van der Waals surface area contributed by atoms with E-state index in [1.807, 2.05) is 91.0 Å². The van der Waals surface area contributed by atoms with Crippen LogP contribution in [0.15, 0.2) is 95.8 Å². The normalized spacial score (nSPS) is 15.6. The minimum Gasteiger partial charge on any atom is -0.465 e. The largest absolute Gasteiger partial charge is 0.465 e. The zero-order chi connectivity index (χ0) is 25.1. The Balaban J connectivity index is 1.58. The number of hydrogen-bond donors (Lipinski definition) is 2. The summed E-state index contributed by atoms with van der Waals surface area (Å²) in [7, 11) is 0. The Labute approximate surface area is 208 Å². The molecule has 1 aliphatic rings. The molecular weight excluding hydrogens is 456 g/mol. The lowest BCUT2D eigenvalue weighted by Crippen LogP contribution is -2.57. The van der Waals surface area contributed by atoms with Gasteiger partial charge in [-0.2, -0.15) is 0 Å². The number of piperazine rings is 1. The lowest BCUT2D eigenvalue weighted by molar-refractivity contribution is 0.0447. The van der Waals surface area contributed by atoms with Crippen LogP contribution in [0.25, 0.3) is 16.9 Å². The van der Waals surface area contributed by atoms with Crippen LogP contribution in [0.3, 0.4) is 0 Å². The summed E-state index contributed by atoms with van der Waals surface area (Å²) in [6.07, 6.45) is -0.505. The van der Waals surface area contributed by atoms with Crippen LogP contribution in [-0.4, -0.2) is 62.1 Å². The topological polar surface area (TPSA) is 98.6 Å². The summed E-state index contributed by atoms with van der Waals surface area (Å²) in [4.78, 5) is 44.8. The maximum atomic E-state index is 14.0. The fraction of sp³-hybridized carbons (Fsp3) is 0.179. The third-order valence-electron chi connectivity index (χ3n) is 6.50. The quantitative estimate of drug-likeness (QED) is 0.451. The Morgan fingerprint density at radius 3 is 2.11 bits per heavy atom. The monoisotopic (exact) mass is 482 g/mol. The number of aromatic nitrogens is 2. The summed E-state index contributed by atoms with van der Waals surface area (Å²) < 4.78 is 1.52. The number of H-pyrrole nitrogens is 1. The lowest BCUT2D eigenvalue weighted by atomic mass is 10.0. The van der Waals surface area contributed by atoms with Gasteiger partial charge < -0.3 is 19.9 Å². The number of aromatic amines is 1. The number of nitrogens with one attached hydrogen (secondary N) is 1. The second-order valence-corrected chi connectivity index (χ2v) is 8.76. The van der Waals surface area contributed by atoms with E-state index in [0.717, 1.165) is 11.1 Å². The van der Waals surface area contributed by atoms with Crippen molar-refractivity contribution in [2.75, 3.05) is 19.6 Å². The zero-order valence-electron chi connectivity index (χ0n) is 19.6. The fourth-order valence-electron chi connectivity index (χ4n) is 4.78. The van der Waals surface area contributed by atoms with Crippen molar-refractivity contribution < 1.29 is 14.7 Å². The summed E-state index contributed by atoms with van der Waals surface area (Å²) in [6.45, 7) is 0.631. The molecule has 1 atom stereocenters. The van der Waals surface area contributed by atoms with Crippen LogP contribution < -0.4 is 5.69 Å². The second kappa shape index (κ2) is 9.95. The molecule has 2 N–H and O–H groups in total. The molecule has 2 amide bonds. The zero-order valence-corrected chi connectivity index (χ0v) is 19.6. The number of hydrogen-bond acceptors (Lipinski definition) is 3. The third-order valence-corrected chi connectivity index (χ3v) is 6.50. The Morgan fingerprint density at radius 1 is 0.861 bits per heavy atom. The first-order valence-electron chi connectivity index (χ1n) is 11.8. The number of para-hydroxylation sites is 1. The molecule has 3 aromatic carbocycles. The van der Waals surface area contributed by atoms with E-state index in [4.69, 9.17) is 0 Å². The van der Waals surface area contributed by atoms with Crippen molar-refractivity contribution in [2.45, 2.75) is 12.5 Å². The van der Waals surface area contributed by atoms with Crippen LogP contribution in [0.2, 0.25) is 0 Å². The van der Waals surface area contributed by atoms with E-state index < -0.39 is 11.8 Å². The molecule has 1 aromatic heterocycles. The molecule has 0 spiro atoms. The number of benzene rings is 3. The van der Waals surface area contributed by atoms with Crippen molar-refractivity contribution >= 4 is 12.0 Å². The van der Waals surface area contributed by atoms with Gasteiger partial charge in [-0.3, -0.25) is 9.36 Å². The van der Waals surface area contributed by atoms with Crippen molar-refractivity contribution in [1.82, 2.24) is 19.4 Å². The molecule has 2 heterocycles. The number of carboxylic acid groups (broad SMARTS) is 1. The summed E-state index contributed by atoms with van der Waals surface area (Å²) in [5, 5.41) is 9.59. The summed E-state index contributed by atoms with van der Waals surface area (Å²) in [6, 6.07) is 27.8. The molecule has 1 fully saturated rings. The number of rotatable bonds is 5. The van der Waals surface area contributed by atoms with Crippen LogP contribution in [0.1, 0.15) is 16.1 Å². The molecule has 4 aromatic rings. The van der Waals surface area contributed by atoms with Crippen LogP contribution in [0, 0.1) is 0 Å². The molecule has 1 unspecified atom stereocenters. The molecule has 5 rings (SSSR count). The van der Waals surface area contributed by atoms with Crippen LogP contribution in [0.5, 0.6) is 0 Å². The van der Waals surface area contributed by atoms with E-state index in [-0.39, 0.29) is 37.3 Å². The number of amides is 2. The third kappa shape index (κ3) is 4.53. The Hall–Kier alpha value is -4.59. The summed E-state index contributed by atoms with van der Waals surface area (Å²) in [5.41, 5.74) is 2.64. The molecule has 8 heteroatoms. The molecular formula is C28H26N4O4. The maximum Gasteiger partial charge on any atom is 0.407 e.